The Morgan fingerprint density at radius 3 is 2.47 bits per heavy atom. The van der Waals surface area contributed by atoms with Crippen LogP contribution in [0.25, 0.3) is 0 Å². The van der Waals surface area contributed by atoms with E-state index in [1.54, 1.807) is 6.07 Å². The molecule has 1 aliphatic rings. The molecule has 1 aromatic rings. The molecule has 0 bridgehead atoms. The van der Waals surface area contributed by atoms with E-state index in [-0.39, 0.29) is 24.6 Å². The van der Waals surface area contributed by atoms with Crippen LogP contribution in [0.3, 0.4) is 0 Å². The number of rotatable bonds is 1. The summed E-state index contributed by atoms with van der Waals surface area (Å²) in [5.41, 5.74) is 12.8. The molecule has 0 saturated carbocycles. The van der Waals surface area contributed by atoms with E-state index in [9.17, 15) is 0 Å². The standard InChI is InChI=1S/C9H11Cl2N3.ClH/c10-6-2-1-5(3-7(6)11)8-4-9(12)14-13-8;/h1-3,8-9,13-14H,4,12H2;1H. The van der Waals surface area contributed by atoms with E-state index in [1.165, 1.54) is 0 Å². The molecule has 2 unspecified atom stereocenters. The quantitative estimate of drug-likeness (QED) is 0.732. The second-order valence-electron chi connectivity index (χ2n) is 3.36. The van der Waals surface area contributed by atoms with Gasteiger partial charge in [-0.2, -0.15) is 0 Å². The predicted molar refractivity (Wildman–Crippen MR) is 65.3 cm³/mol. The van der Waals surface area contributed by atoms with Crippen LogP contribution in [0.5, 0.6) is 0 Å². The molecule has 0 radical (unpaired) electrons. The second kappa shape index (κ2) is 5.34. The fourth-order valence-corrected chi connectivity index (χ4v) is 1.83. The molecule has 3 nitrogen and oxygen atoms in total. The average Bonchev–Trinajstić information content (AvgIpc) is 2.57. The zero-order valence-corrected chi connectivity index (χ0v) is 10.2. The minimum absolute atomic E-state index is 0. The molecular weight excluding hydrogens is 256 g/mol. The van der Waals surface area contributed by atoms with Gasteiger partial charge in [-0.3, -0.25) is 0 Å². The lowest BCUT2D eigenvalue weighted by Gasteiger charge is -2.10. The fraction of sp³-hybridized carbons (Fsp3) is 0.333. The van der Waals surface area contributed by atoms with E-state index >= 15 is 0 Å². The molecule has 1 saturated heterocycles. The summed E-state index contributed by atoms with van der Waals surface area (Å²) in [6, 6.07) is 5.82. The van der Waals surface area contributed by atoms with Crippen LogP contribution >= 0.6 is 35.6 Å². The van der Waals surface area contributed by atoms with E-state index in [2.05, 4.69) is 10.9 Å². The van der Waals surface area contributed by atoms with Crippen LogP contribution in [0.4, 0.5) is 0 Å². The van der Waals surface area contributed by atoms with Crippen molar-refractivity contribution < 1.29 is 0 Å². The monoisotopic (exact) mass is 267 g/mol. The Morgan fingerprint density at radius 2 is 1.93 bits per heavy atom. The SMILES string of the molecule is Cl.NC1CC(c2ccc(Cl)c(Cl)c2)NN1. The summed E-state index contributed by atoms with van der Waals surface area (Å²) in [6.45, 7) is 0. The molecule has 1 aliphatic heterocycles. The smallest absolute Gasteiger partial charge is 0.0698 e. The van der Waals surface area contributed by atoms with Crippen LogP contribution in [0.15, 0.2) is 18.2 Å². The van der Waals surface area contributed by atoms with Crippen LogP contribution in [-0.2, 0) is 0 Å². The third-order valence-corrected chi connectivity index (χ3v) is 3.02. The maximum absolute atomic E-state index is 5.92. The Balaban J connectivity index is 0.00000112. The highest BCUT2D eigenvalue weighted by atomic mass is 35.5. The molecule has 0 amide bonds. The van der Waals surface area contributed by atoms with Crippen molar-refractivity contribution in [2.24, 2.45) is 5.73 Å². The topological polar surface area (TPSA) is 50.1 Å². The lowest BCUT2D eigenvalue weighted by atomic mass is 10.1. The van der Waals surface area contributed by atoms with Gasteiger partial charge in [0.05, 0.1) is 16.2 Å². The first-order chi connectivity index (χ1) is 6.66. The number of hydrogen-bond donors (Lipinski definition) is 3. The molecule has 6 heteroatoms. The molecule has 2 atom stereocenters. The van der Waals surface area contributed by atoms with Crippen molar-refractivity contribution in [3.05, 3.63) is 33.8 Å². The van der Waals surface area contributed by atoms with Crippen molar-refractivity contribution in [3.63, 3.8) is 0 Å². The van der Waals surface area contributed by atoms with Crippen molar-refractivity contribution in [2.45, 2.75) is 18.6 Å². The Morgan fingerprint density at radius 1 is 1.20 bits per heavy atom. The molecule has 84 valence electrons. The van der Waals surface area contributed by atoms with E-state index in [0.717, 1.165) is 12.0 Å². The summed E-state index contributed by atoms with van der Waals surface area (Å²) in [4.78, 5) is 0. The van der Waals surface area contributed by atoms with Crippen LogP contribution in [0.2, 0.25) is 10.0 Å². The number of nitrogens with one attached hydrogen (secondary N) is 2. The highest BCUT2D eigenvalue weighted by molar-refractivity contribution is 6.42. The zero-order valence-electron chi connectivity index (χ0n) is 7.84. The van der Waals surface area contributed by atoms with Crippen LogP contribution in [0, 0.1) is 0 Å². The Kier molecular flexibility index (Phi) is 4.64. The maximum Gasteiger partial charge on any atom is 0.0698 e. The van der Waals surface area contributed by atoms with E-state index < -0.39 is 0 Å². The van der Waals surface area contributed by atoms with Gasteiger partial charge in [0.25, 0.3) is 0 Å². The number of nitrogens with two attached hydrogens (primary N) is 1. The molecule has 15 heavy (non-hydrogen) atoms. The van der Waals surface area contributed by atoms with E-state index in [0.29, 0.717) is 10.0 Å². The Bertz CT molecular complexity index is 345. The van der Waals surface area contributed by atoms with Crippen LogP contribution in [-0.4, -0.2) is 6.17 Å². The van der Waals surface area contributed by atoms with Crippen molar-refractivity contribution in [3.8, 4) is 0 Å². The summed E-state index contributed by atoms with van der Waals surface area (Å²) in [7, 11) is 0. The first kappa shape index (κ1) is 13.0. The summed E-state index contributed by atoms with van der Waals surface area (Å²) < 4.78 is 0. The lowest BCUT2D eigenvalue weighted by molar-refractivity contribution is 0.552. The third kappa shape index (κ3) is 2.97. The molecular formula is C9H12Cl3N3. The van der Waals surface area contributed by atoms with Crippen molar-refractivity contribution in [1.29, 1.82) is 0 Å². The van der Waals surface area contributed by atoms with Gasteiger partial charge in [-0.05, 0) is 24.1 Å². The number of hydrogen-bond acceptors (Lipinski definition) is 3. The number of benzene rings is 1. The maximum atomic E-state index is 5.92. The summed E-state index contributed by atoms with van der Waals surface area (Å²) in [5, 5.41) is 1.15. The van der Waals surface area contributed by atoms with Gasteiger partial charge in [-0.1, -0.05) is 29.3 Å². The molecule has 0 aliphatic carbocycles. The first-order valence-electron chi connectivity index (χ1n) is 4.38. The molecule has 1 fully saturated rings. The van der Waals surface area contributed by atoms with Gasteiger partial charge in [0.2, 0.25) is 0 Å². The van der Waals surface area contributed by atoms with Crippen molar-refractivity contribution >= 4 is 35.6 Å². The van der Waals surface area contributed by atoms with Gasteiger partial charge >= 0.3 is 0 Å². The van der Waals surface area contributed by atoms with Crippen LogP contribution < -0.4 is 16.6 Å². The zero-order chi connectivity index (χ0) is 10.1. The van der Waals surface area contributed by atoms with Gasteiger partial charge in [-0.25, -0.2) is 10.9 Å². The molecule has 1 aromatic carbocycles. The lowest BCUT2D eigenvalue weighted by Crippen LogP contribution is -2.36. The highest BCUT2D eigenvalue weighted by Gasteiger charge is 2.22. The van der Waals surface area contributed by atoms with Gasteiger partial charge in [0.15, 0.2) is 0 Å². The molecule has 0 spiro atoms. The highest BCUT2D eigenvalue weighted by Crippen LogP contribution is 2.28. The molecule has 1 heterocycles. The predicted octanol–water partition coefficient (Wildman–Crippen LogP) is 2.24. The minimum Gasteiger partial charge on any atom is -0.315 e. The van der Waals surface area contributed by atoms with E-state index in [1.807, 2.05) is 12.1 Å². The van der Waals surface area contributed by atoms with Crippen molar-refractivity contribution in [1.82, 2.24) is 10.9 Å². The number of halogens is 3. The normalized spacial score (nSPS) is 25.0. The van der Waals surface area contributed by atoms with Crippen LogP contribution in [0.1, 0.15) is 18.0 Å². The molecule has 4 N–H and O–H groups in total. The summed E-state index contributed by atoms with van der Waals surface area (Å²) in [5.74, 6) is 0. The minimum atomic E-state index is -0.00514. The Hall–Kier alpha value is -0.0300. The fourth-order valence-electron chi connectivity index (χ4n) is 1.53. The average molecular weight is 269 g/mol. The van der Waals surface area contributed by atoms with Crippen molar-refractivity contribution in [2.75, 3.05) is 0 Å². The van der Waals surface area contributed by atoms with Gasteiger partial charge in [0.1, 0.15) is 0 Å². The first-order valence-corrected chi connectivity index (χ1v) is 5.14. The van der Waals surface area contributed by atoms with Gasteiger partial charge in [0, 0.05) is 6.04 Å². The van der Waals surface area contributed by atoms with Gasteiger partial charge < -0.3 is 5.73 Å². The molecule has 2 rings (SSSR count). The summed E-state index contributed by atoms with van der Waals surface area (Å²) in [6.07, 6.45) is 0.840. The number of hydrazine groups is 1. The largest absolute Gasteiger partial charge is 0.315 e. The summed E-state index contributed by atoms with van der Waals surface area (Å²) >= 11 is 11.7. The molecule has 0 aromatic heterocycles. The third-order valence-electron chi connectivity index (χ3n) is 2.28. The van der Waals surface area contributed by atoms with Gasteiger partial charge in [-0.15, -0.1) is 12.4 Å². The van der Waals surface area contributed by atoms with E-state index in [4.69, 9.17) is 28.9 Å². The Labute approximate surface area is 105 Å². The second-order valence-corrected chi connectivity index (χ2v) is 4.17.